The molecule has 0 spiro atoms. The van der Waals surface area contributed by atoms with Gasteiger partial charge in [0.15, 0.2) is 17.3 Å². The van der Waals surface area contributed by atoms with Gasteiger partial charge < -0.3 is 9.72 Å². The van der Waals surface area contributed by atoms with Gasteiger partial charge in [0.1, 0.15) is 16.5 Å². The normalized spacial score (nSPS) is 17.7. The monoisotopic (exact) mass is 415 g/mol. The van der Waals surface area contributed by atoms with Gasteiger partial charge in [-0.05, 0) is 20.8 Å². The zero-order valence-corrected chi connectivity index (χ0v) is 16.8. The Bertz CT molecular complexity index is 1010. The van der Waals surface area contributed by atoms with E-state index in [2.05, 4.69) is 9.97 Å². The van der Waals surface area contributed by atoms with Crippen molar-refractivity contribution in [1.82, 2.24) is 14.3 Å². The van der Waals surface area contributed by atoms with Crippen LogP contribution in [0.4, 0.5) is 4.39 Å². The lowest BCUT2D eigenvalue weighted by Crippen LogP contribution is -2.61. The molecule has 1 saturated heterocycles. The third kappa shape index (κ3) is 3.02. The van der Waals surface area contributed by atoms with Crippen LogP contribution in [0.15, 0.2) is 11.0 Å². The first kappa shape index (κ1) is 20.1. The Balaban J connectivity index is 2.33. The van der Waals surface area contributed by atoms with E-state index in [1.807, 2.05) is 20.8 Å². The summed E-state index contributed by atoms with van der Waals surface area (Å²) in [6, 6.07) is 0. The number of fused-ring (bicyclic) bond motifs is 1. The van der Waals surface area contributed by atoms with Gasteiger partial charge in [-0.15, -0.1) is 0 Å². The number of H-pyrrole nitrogens is 1. The predicted octanol–water partition coefficient (Wildman–Crippen LogP) is 2.15. The van der Waals surface area contributed by atoms with Crippen LogP contribution in [0.25, 0.3) is 10.8 Å². The number of rotatable bonds is 4. The second-order valence-corrected chi connectivity index (χ2v) is 10.0. The Morgan fingerprint density at radius 3 is 2.56 bits per heavy atom. The van der Waals surface area contributed by atoms with Crippen molar-refractivity contribution in [2.45, 2.75) is 31.1 Å². The first-order valence-corrected chi connectivity index (χ1v) is 9.62. The fraction of sp³-hybridized carbons (Fsp3) is 0.471. The quantitative estimate of drug-likeness (QED) is 0.610. The molecular formula is C17H19ClFN3O4S. The molecule has 146 valence electrons. The maximum Gasteiger partial charge on any atom is 0.257 e. The van der Waals surface area contributed by atoms with Crippen molar-refractivity contribution in [2.75, 3.05) is 20.3 Å². The smallest absolute Gasteiger partial charge is 0.257 e. The first-order chi connectivity index (χ1) is 12.5. The second-order valence-electron chi connectivity index (χ2n) is 7.40. The number of aromatic nitrogens is 2. The summed E-state index contributed by atoms with van der Waals surface area (Å²) >= 11 is 5.76. The number of hydrogen-bond donors (Lipinski definition) is 1. The third-order valence-corrected chi connectivity index (χ3v) is 6.80. The lowest BCUT2D eigenvalue weighted by atomic mass is 9.88. The topological polar surface area (TPSA) is 92.4 Å². The molecule has 27 heavy (non-hydrogen) atoms. The highest BCUT2D eigenvalue weighted by Crippen LogP contribution is 2.40. The largest absolute Gasteiger partial charge is 0.376 e. The molecule has 10 heteroatoms. The number of halogens is 2. The predicted molar refractivity (Wildman–Crippen MR) is 101 cm³/mol. The van der Waals surface area contributed by atoms with E-state index < -0.39 is 37.8 Å². The van der Waals surface area contributed by atoms with E-state index in [-0.39, 0.29) is 35.2 Å². The van der Waals surface area contributed by atoms with E-state index in [9.17, 15) is 18.2 Å². The number of pyridine rings is 2. The Morgan fingerprint density at radius 2 is 2.07 bits per heavy atom. The SMILES string of the molecule is CN(S(=O)C(C)(C)C)C1(c2[nH]c(=O)c3cnc(Cl)c(F)c3c2C=O)COC1. The van der Waals surface area contributed by atoms with Crippen LogP contribution >= 0.6 is 11.6 Å². The van der Waals surface area contributed by atoms with Crippen LogP contribution in [-0.2, 0) is 21.3 Å². The number of carbonyl (C=O) groups is 1. The van der Waals surface area contributed by atoms with E-state index in [0.717, 1.165) is 6.20 Å². The van der Waals surface area contributed by atoms with Crippen molar-refractivity contribution in [1.29, 1.82) is 0 Å². The van der Waals surface area contributed by atoms with Crippen molar-refractivity contribution in [3.8, 4) is 0 Å². The van der Waals surface area contributed by atoms with Gasteiger partial charge in [-0.3, -0.25) is 9.59 Å². The minimum atomic E-state index is -1.48. The van der Waals surface area contributed by atoms with Gasteiger partial charge in [-0.2, -0.15) is 0 Å². The van der Waals surface area contributed by atoms with Crippen molar-refractivity contribution in [3.63, 3.8) is 0 Å². The molecule has 2 aromatic rings. The summed E-state index contributed by atoms with van der Waals surface area (Å²) in [5, 5.41) is -0.726. The summed E-state index contributed by atoms with van der Waals surface area (Å²) in [5.41, 5.74) is -1.56. The Morgan fingerprint density at radius 1 is 1.44 bits per heavy atom. The lowest BCUT2D eigenvalue weighted by molar-refractivity contribution is -0.111. The molecule has 1 unspecified atom stereocenters. The van der Waals surface area contributed by atoms with Gasteiger partial charge in [-0.25, -0.2) is 17.9 Å². The molecule has 7 nitrogen and oxygen atoms in total. The highest BCUT2D eigenvalue weighted by molar-refractivity contribution is 7.84. The molecule has 2 aromatic heterocycles. The number of ether oxygens (including phenoxy) is 1. The molecule has 0 amide bonds. The van der Waals surface area contributed by atoms with Gasteiger partial charge in [-0.1, -0.05) is 11.6 Å². The van der Waals surface area contributed by atoms with E-state index in [1.165, 1.54) is 0 Å². The zero-order valence-electron chi connectivity index (χ0n) is 15.3. The molecule has 3 rings (SSSR count). The molecule has 0 radical (unpaired) electrons. The number of carbonyl (C=O) groups excluding carboxylic acids is 1. The Kier molecular flexibility index (Phi) is 5.00. The summed E-state index contributed by atoms with van der Waals surface area (Å²) in [4.78, 5) is 30.7. The average Bonchev–Trinajstić information content (AvgIpc) is 2.56. The lowest BCUT2D eigenvalue weighted by Gasteiger charge is -2.48. The molecule has 1 fully saturated rings. The molecule has 1 N–H and O–H groups in total. The molecule has 1 aliphatic heterocycles. The second kappa shape index (κ2) is 6.73. The van der Waals surface area contributed by atoms with Crippen LogP contribution in [0.5, 0.6) is 0 Å². The zero-order chi connectivity index (χ0) is 20.1. The molecule has 0 bridgehead atoms. The number of hydrogen-bond acceptors (Lipinski definition) is 5. The van der Waals surface area contributed by atoms with E-state index >= 15 is 0 Å². The van der Waals surface area contributed by atoms with Crippen molar-refractivity contribution in [2.24, 2.45) is 0 Å². The maximum atomic E-state index is 14.7. The summed E-state index contributed by atoms with van der Waals surface area (Å²) in [6.07, 6.45) is 1.58. The number of aromatic amines is 1. The summed E-state index contributed by atoms with van der Waals surface area (Å²) in [5.74, 6) is -0.946. The fourth-order valence-electron chi connectivity index (χ4n) is 3.11. The van der Waals surface area contributed by atoms with Crippen LogP contribution in [0, 0.1) is 5.82 Å². The summed E-state index contributed by atoms with van der Waals surface area (Å²) in [7, 11) is 0.144. The molecule has 0 aromatic carbocycles. The minimum Gasteiger partial charge on any atom is -0.376 e. The number of nitrogens with one attached hydrogen (secondary N) is 1. The number of aldehydes is 1. The van der Waals surface area contributed by atoms with Gasteiger partial charge in [0.05, 0.1) is 29.0 Å². The molecule has 0 saturated carbocycles. The van der Waals surface area contributed by atoms with E-state index in [1.54, 1.807) is 11.4 Å². The number of likely N-dealkylation sites (N-methyl/N-ethyl adjacent to an activating group) is 1. The van der Waals surface area contributed by atoms with Gasteiger partial charge in [0.25, 0.3) is 5.56 Å². The van der Waals surface area contributed by atoms with Gasteiger partial charge in [0, 0.05) is 24.2 Å². The van der Waals surface area contributed by atoms with Crippen LogP contribution in [0.1, 0.15) is 36.8 Å². The summed E-state index contributed by atoms with van der Waals surface area (Å²) < 4.78 is 33.9. The van der Waals surface area contributed by atoms with Crippen molar-refractivity contribution in [3.05, 3.63) is 38.8 Å². The Labute approximate surface area is 162 Å². The van der Waals surface area contributed by atoms with Crippen LogP contribution in [-0.4, -0.2) is 49.8 Å². The first-order valence-electron chi connectivity index (χ1n) is 8.14. The summed E-state index contributed by atoms with van der Waals surface area (Å²) in [6.45, 7) is 5.60. The van der Waals surface area contributed by atoms with E-state index in [4.69, 9.17) is 16.3 Å². The standard InChI is InChI=1S/C17H19ClFN3O4S/c1-16(2,3)27(25)22(4)17(7-26-8-17)13-10(6-23)11-9(15(24)21-13)5-20-14(18)12(11)19/h5-6H,7-8H2,1-4H3,(H,21,24). The van der Waals surface area contributed by atoms with Crippen molar-refractivity contribution >= 4 is 39.6 Å². The molecule has 0 aliphatic carbocycles. The Hall–Kier alpha value is -1.68. The average molecular weight is 416 g/mol. The fourth-order valence-corrected chi connectivity index (χ4v) is 4.58. The van der Waals surface area contributed by atoms with Crippen LogP contribution < -0.4 is 5.56 Å². The van der Waals surface area contributed by atoms with Crippen LogP contribution in [0.3, 0.4) is 0 Å². The van der Waals surface area contributed by atoms with Gasteiger partial charge in [0.2, 0.25) is 0 Å². The molecule has 1 atom stereocenters. The van der Waals surface area contributed by atoms with Crippen LogP contribution in [0.2, 0.25) is 5.15 Å². The molecule has 1 aliphatic rings. The molecule has 3 heterocycles. The highest BCUT2D eigenvalue weighted by Gasteiger charge is 2.50. The van der Waals surface area contributed by atoms with Crippen molar-refractivity contribution < 1.29 is 18.1 Å². The highest BCUT2D eigenvalue weighted by atomic mass is 35.5. The minimum absolute atomic E-state index is 0.0625. The maximum absolute atomic E-state index is 14.7. The number of nitrogens with zero attached hydrogens (tertiary/aromatic N) is 2. The van der Waals surface area contributed by atoms with Gasteiger partial charge >= 0.3 is 0 Å². The third-order valence-electron chi connectivity index (χ3n) is 4.64. The molecular weight excluding hydrogens is 397 g/mol. The van der Waals surface area contributed by atoms with E-state index in [0.29, 0.717) is 6.29 Å².